The van der Waals surface area contributed by atoms with Gasteiger partial charge < -0.3 is 4.98 Å². The van der Waals surface area contributed by atoms with Crippen molar-refractivity contribution in [3.63, 3.8) is 0 Å². The van der Waals surface area contributed by atoms with Crippen LogP contribution in [0.3, 0.4) is 0 Å². The molecule has 0 amide bonds. The first-order valence-corrected chi connectivity index (χ1v) is 5.18. The molecular weight excluding hydrogens is 270 g/mol. The van der Waals surface area contributed by atoms with E-state index in [1.807, 2.05) is 0 Å². The molecule has 0 atom stereocenters. The Labute approximate surface area is 92.9 Å². The first kappa shape index (κ1) is 11.9. The van der Waals surface area contributed by atoms with Crippen molar-refractivity contribution in [2.75, 3.05) is 0 Å². The molecule has 1 aromatic rings. The average molecular weight is 277 g/mol. The lowest BCUT2D eigenvalue weighted by Gasteiger charge is -2.09. The summed E-state index contributed by atoms with van der Waals surface area (Å²) in [5.41, 5.74) is -0.417. The molecule has 0 aliphatic heterocycles. The van der Waals surface area contributed by atoms with Crippen molar-refractivity contribution in [2.45, 2.75) is 18.2 Å². The van der Waals surface area contributed by atoms with Crippen LogP contribution in [-0.2, 0) is 11.8 Å². The molecule has 1 aromatic heterocycles. The van der Waals surface area contributed by atoms with E-state index in [1.54, 1.807) is 6.07 Å². The Balaban J connectivity index is 3.41. The third-order valence-electron chi connectivity index (χ3n) is 1.89. The van der Waals surface area contributed by atoms with Gasteiger partial charge in [0.05, 0.1) is 18.2 Å². The summed E-state index contributed by atoms with van der Waals surface area (Å²) in [6, 6.07) is 3.01. The van der Waals surface area contributed by atoms with Crippen LogP contribution in [0.4, 0.5) is 8.78 Å². The minimum atomic E-state index is -2.78. The molecule has 1 N–H and O–H groups in total. The fourth-order valence-electron chi connectivity index (χ4n) is 1.26. The maximum absolute atomic E-state index is 12.6. The van der Waals surface area contributed by atoms with E-state index >= 15 is 0 Å². The van der Waals surface area contributed by atoms with Gasteiger partial charge in [0.15, 0.2) is 0 Å². The summed E-state index contributed by atoms with van der Waals surface area (Å²) < 4.78 is 25.1. The summed E-state index contributed by atoms with van der Waals surface area (Å²) in [7, 11) is 0. The second kappa shape index (κ2) is 5.03. The first-order valence-electron chi connectivity index (χ1n) is 4.06. The molecule has 15 heavy (non-hydrogen) atoms. The molecule has 0 radical (unpaired) electrons. The summed E-state index contributed by atoms with van der Waals surface area (Å²) in [5, 5.41) is 8.78. The fraction of sp³-hybridized carbons (Fsp3) is 0.333. The van der Waals surface area contributed by atoms with Crippen molar-refractivity contribution in [3.05, 3.63) is 33.2 Å². The lowest BCUT2D eigenvalue weighted by molar-refractivity contribution is 0.144. The van der Waals surface area contributed by atoms with Gasteiger partial charge >= 0.3 is 0 Å². The quantitative estimate of drug-likeness (QED) is 0.861. The molecule has 0 saturated carbocycles. The molecule has 0 bridgehead atoms. The van der Waals surface area contributed by atoms with Crippen LogP contribution in [0.15, 0.2) is 10.9 Å². The van der Waals surface area contributed by atoms with E-state index in [0.717, 1.165) is 0 Å². The van der Waals surface area contributed by atoms with Gasteiger partial charge in [-0.2, -0.15) is 5.26 Å². The molecule has 0 unspecified atom stereocenters. The second-order valence-corrected chi connectivity index (χ2v) is 3.38. The highest BCUT2D eigenvalue weighted by Crippen LogP contribution is 2.23. The molecular formula is C9H7BrF2N2O. The normalized spacial score (nSPS) is 10.3. The number of nitrogens with one attached hydrogen (secondary N) is 1. The molecule has 6 heteroatoms. The molecule has 1 rings (SSSR count). The fourth-order valence-corrected chi connectivity index (χ4v) is 1.76. The number of aromatic nitrogens is 1. The number of halogens is 3. The molecule has 1 heterocycles. The smallest absolute Gasteiger partial charge is 0.278 e. The number of aromatic amines is 1. The topological polar surface area (TPSA) is 56.6 Å². The Morgan fingerprint density at radius 2 is 2.27 bits per heavy atom. The van der Waals surface area contributed by atoms with Crippen LogP contribution in [0, 0.1) is 11.3 Å². The van der Waals surface area contributed by atoms with Crippen LogP contribution < -0.4 is 5.56 Å². The highest BCUT2D eigenvalue weighted by molar-refractivity contribution is 9.08. The molecule has 3 nitrogen and oxygen atoms in total. The van der Waals surface area contributed by atoms with E-state index in [1.165, 1.54) is 6.07 Å². The number of rotatable bonds is 3. The van der Waals surface area contributed by atoms with Gasteiger partial charge in [0.25, 0.3) is 6.43 Å². The van der Waals surface area contributed by atoms with Crippen LogP contribution in [0.25, 0.3) is 0 Å². The summed E-state index contributed by atoms with van der Waals surface area (Å²) in [5.74, 6) is 0. The van der Waals surface area contributed by atoms with Crippen LogP contribution in [0.5, 0.6) is 0 Å². The van der Waals surface area contributed by atoms with Gasteiger partial charge in [-0.05, 0) is 11.1 Å². The molecule has 80 valence electrons. The predicted molar refractivity (Wildman–Crippen MR) is 54.0 cm³/mol. The van der Waals surface area contributed by atoms with Crippen molar-refractivity contribution in [1.29, 1.82) is 5.26 Å². The Morgan fingerprint density at radius 1 is 1.60 bits per heavy atom. The van der Waals surface area contributed by atoms with Gasteiger partial charge in [0.1, 0.15) is 0 Å². The Kier molecular flexibility index (Phi) is 3.97. The molecule has 0 fully saturated rings. The van der Waals surface area contributed by atoms with Crippen molar-refractivity contribution in [1.82, 2.24) is 4.98 Å². The SMILES string of the molecule is N#CCc1c(CBr)cc(=O)[nH]c1C(F)F. The van der Waals surface area contributed by atoms with Crippen molar-refractivity contribution in [2.24, 2.45) is 0 Å². The first-order chi connectivity index (χ1) is 7.10. The van der Waals surface area contributed by atoms with Crippen LogP contribution in [0.2, 0.25) is 0 Å². The van der Waals surface area contributed by atoms with E-state index in [-0.39, 0.29) is 17.3 Å². The number of nitrogens with zero attached hydrogens (tertiary/aromatic N) is 1. The maximum atomic E-state index is 12.6. The Hall–Kier alpha value is -1.22. The number of hydrogen-bond acceptors (Lipinski definition) is 2. The zero-order valence-corrected chi connectivity index (χ0v) is 9.14. The van der Waals surface area contributed by atoms with Gasteiger partial charge in [-0.3, -0.25) is 4.79 Å². The number of H-pyrrole nitrogens is 1. The predicted octanol–water partition coefficient (Wildman–Crippen LogP) is 2.27. The monoisotopic (exact) mass is 276 g/mol. The molecule has 0 aromatic carbocycles. The van der Waals surface area contributed by atoms with Gasteiger partial charge in [-0.1, -0.05) is 15.9 Å². The van der Waals surface area contributed by atoms with Gasteiger partial charge in [0.2, 0.25) is 5.56 Å². The zero-order valence-electron chi connectivity index (χ0n) is 7.56. The largest absolute Gasteiger partial charge is 0.321 e. The number of hydrogen-bond donors (Lipinski definition) is 1. The van der Waals surface area contributed by atoms with Crippen LogP contribution in [-0.4, -0.2) is 4.98 Å². The Morgan fingerprint density at radius 3 is 2.73 bits per heavy atom. The molecule has 0 aliphatic rings. The third kappa shape index (κ3) is 2.63. The molecule has 0 saturated heterocycles. The average Bonchev–Trinajstić information content (AvgIpc) is 2.19. The van der Waals surface area contributed by atoms with Crippen LogP contribution >= 0.6 is 15.9 Å². The lowest BCUT2D eigenvalue weighted by atomic mass is 10.1. The summed E-state index contributed by atoms with van der Waals surface area (Å²) in [6.45, 7) is 0. The summed E-state index contributed by atoms with van der Waals surface area (Å²) >= 11 is 3.09. The van der Waals surface area contributed by atoms with Crippen LogP contribution in [0.1, 0.15) is 23.2 Å². The lowest BCUT2D eigenvalue weighted by Crippen LogP contribution is -2.14. The number of alkyl halides is 3. The highest BCUT2D eigenvalue weighted by Gasteiger charge is 2.17. The Bertz CT molecular complexity index is 450. The van der Waals surface area contributed by atoms with Gasteiger partial charge in [-0.25, -0.2) is 8.78 Å². The minimum absolute atomic E-state index is 0.141. The van der Waals surface area contributed by atoms with E-state index in [9.17, 15) is 13.6 Å². The molecule has 0 aliphatic carbocycles. The maximum Gasteiger partial charge on any atom is 0.278 e. The summed E-state index contributed by atoms with van der Waals surface area (Å²) in [6.07, 6.45) is -2.92. The van der Waals surface area contributed by atoms with E-state index in [2.05, 4.69) is 20.9 Å². The van der Waals surface area contributed by atoms with Crippen molar-refractivity contribution in [3.8, 4) is 6.07 Å². The van der Waals surface area contributed by atoms with Crippen molar-refractivity contribution >= 4 is 15.9 Å². The summed E-state index contributed by atoms with van der Waals surface area (Å²) in [4.78, 5) is 13.1. The van der Waals surface area contributed by atoms with E-state index in [4.69, 9.17) is 5.26 Å². The standard InChI is InChI=1S/C9H7BrF2N2O/c10-4-5-3-7(15)14-8(9(11)12)6(5)1-2-13/h3,9H,1,4H2,(H,14,15). The zero-order chi connectivity index (χ0) is 11.4. The van der Waals surface area contributed by atoms with Gasteiger partial charge in [-0.15, -0.1) is 0 Å². The number of pyridine rings is 1. The van der Waals surface area contributed by atoms with E-state index < -0.39 is 17.7 Å². The molecule has 0 spiro atoms. The van der Waals surface area contributed by atoms with Crippen molar-refractivity contribution < 1.29 is 8.78 Å². The third-order valence-corrected chi connectivity index (χ3v) is 2.50. The second-order valence-electron chi connectivity index (χ2n) is 2.82. The minimum Gasteiger partial charge on any atom is -0.321 e. The number of nitriles is 1. The van der Waals surface area contributed by atoms with Gasteiger partial charge in [0, 0.05) is 11.4 Å². The highest BCUT2D eigenvalue weighted by atomic mass is 79.9. The van der Waals surface area contributed by atoms with E-state index in [0.29, 0.717) is 5.56 Å².